The van der Waals surface area contributed by atoms with E-state index in [1.807, 2.05) is 11.0 Å². The van der Waals surface area contributed by atoms with Crippen LogP contribution in [0.3, 0.4) is 0 Å². The van der Waals surface area contributed by atoms with Gasteiger partial charge < -0.3 is 15.4 Å². The lowest BCUT2D eigenvalue weighted by Gasteiger charge is -2.48. The lowest BCUT2D eigenvalue weighted by Crippen LogP contribution is -2.60. The van der Waals surface area contributed by atoms with Gasteiger partial charge in [0.1, 0.15) is 5.69 Å². The molecule has 7 heteroatoms. The summed E-state index contributed by atoms with van der Waals surface area (Å²) < 4.78 is 5.83. The van der Waals surface area contributed by atoms with Gasteiger partial charge in [0, 0.05) is 25.0 Å². The van der Waals surface area contributed by atoms with Crippen molar-refractivity contribution >= 4 is 22.4 Å². The number of morpholine rings is 1. The number of thiazole rings is 1. The van der Waals surface area contributed by atoms with Crippen molar-refractivity contribution in [3.8, 4) is 0 Å². The summed E-state index contributed by atoms with van der Waals surface area (Å²) in [5, 5.41) is 2.16. The Morgan fingerprint density at radius 1 is 1.25 bits per heavy atom. The highest BCUT2D eigenvalue weighted by Crippen LogP contribution is 2.30. The molecule has 0 bridgehead atoms. The first kappa shape index (κ1) is 15.6. The predicted molar refractivity (Wildman–Crippen MR) is 92.9 cm³/mol. The molecule has 2 atom stereocenters. The van der Waals surface area contributed by atoms with E-state index in [9.17, 15) is 4.79 Å². The maximum atomic E-state index is 12.6. The number of ether oxygens (including phenoxy) is 1. The van der Waals surface area contributed by atoms with Crippen LogP contribution >= 0.6 is 11.3 Å². The molecule has 1 amide bonds. The van der Waals surface area contributed by atoms with Crippen LogP contribution in [0.15, 0.2) is 35.7 Å². The molecule has 2 aliphatic rings. The Bertz CT molecular complexity index is 720. The van der Waals surface area contributed by atoms with E-state index in [-0.39, 0.29) is 18.0 Å². The minimum absolute atomic E-state index is 0.0376. The van der Waals surface area contributed by atoms with E-state index in [1.54, 1.807) is 5.38 Å². The second kappa shape index (κ2) is 6.51. The number of benzene rings is 1. The fourth-order valence-corrected chi connectivity index (χ4v) is 4.07. The van der Waals surface area contributed by atoms with Crippen molar-refractivity contribution in [1.29, 1.82) is 0 Å². The Morgan fingerprint density at radius 2 is 2.08 bits per heavy atom. The molecule has 1 aromatic heterocycles. The lowest BCUT2D eigenvalue weighted by atomic mass is 10.00. The van der Waals surface area contributed by atoms with Gasteiger partial charge >= 0.3 is 0 Å². The molecule has 2 saturated heterocycles. The SMILES string of the molecule is Nc1nc(C(=O)N2CCN3[C@@H](COC[C@@H]3c3ccccc3)C2)cs1. The maximum Gasteiger partial charge on any atom is 0.273 e. The molecule has 3 heterocycles. The minimum atomic E-state index is -0.0376. The summed E-state index contributed by atoms with van der Waals surface area (Å²) in [5.74, 6) is -0.0376. The smallest absolute Gasteiger partial charge is 0.273 e. The van der Waals surface area contributed by atoms with Gasteiger partial charge in [-0.2, -0.15) is 0 Å². The zero-order valence-electron chi connectivity index (χ0n) is 13.3. The number of piperazine rings is 1. The van der Waals surface area contributed by atoms with Crippen molar-refractivity contribution in [3.63, 3.8) is 0 Å². The normalized spacial score (nSPS) is 24.6. The molecule has 6 nitrogen and oxygen atoms in total. The Hall–Kier alpha value is -1.96. The Balaban J connectivity index is 1.48. The summed E-state index contributed by atoms with van der Waals surface area (Å²) in [6.07, 6.45) is 0. The van der Waals surface area contributed by atoms with Gasteiger partial charge in [-0.25, -0.2) is 4.98 Å². The second-order valence-corrected chi connectivity index (χ2v) is 7.07. The molecule has 24 heavy (non-hydrogen) atoms. The van der Waals surface area contributed by atoms with Crippen LogP contribution in [0.1, 0.15) is 22.1 Å². The van der Waals surface area contributed by atoms with Crippen LogP contribution in [0.2, 0.25) is 0 Å². The van der Waals surface area contributed by atoms with Crippen molar-refractivity contribution in [2.24, 2.45) is 0 Å². The number of rotatable bonds is 2. The van der Waals surface area contributed by atoms with Gasteiger partial charge in [-0.15, -0.1) is 11.3 Å². The van der Waals surface area contributed by atoms with E-state index in [2.05, 4.69) is 34.1 Å². The van der Waals surface area contributed by atoms with Crippen molar-refractivity contribution in [1.82, 2.24) is 14.8 Å². The third-order valence-electron chi connectivity index (χ3n) is 4.73. The topological polar surface area (TPSA) is 71.7 Å². The van der Waals surface area contributed by atoms with Gasteiger partial charge in [0.25, 0.3) is 5.91 Å². The van der Waals surface area contributed by atoms with Gasteiger partial charge in [0.2, 0.25) is 0 Å². The summed E-state index contributed by atoms with van der Waals surface area (Å²) in [6, 6.07) is 10.9. The van der Waals surface area contributed by atoms with E-state index in [0.29, 0.717) is 37.1 Å². The molecule has 2 aromatic rings. The van der Waals surface area contributed by atoms with Crippen molar-refractivity contribution in [3.05, 3.63) is 47.0 Å². The molecular formula is C17H20N4O2S. The molecular weight excluding hydrogens is 324 g/mol. The molecule has 0 saturated carbocycles. The number of fused-ring (bicyclic) bond motifs is 1. The van der Waals surface area contributed by atoms with E-state index in [0.717, 1.165) is 6.54 Å². The fourth-order valence-electron chi connectivity index (χ4n) is 3.53. The van der Waals surface area contributed by atoms with Gasteiger partial charge in [0.15, 0.2) is 5.13 Å². The van der Waals surface area contributed by atoms with Gasteiger partial charge in [-0.05, 0) is 5.56 Å². The first-order chi connectivity index (χ1) is 11.7. The molecule has 126 valence electrons. The highest BCUT2D eigenvalue weighted by molar-refractivity contribution is 7.13. The standard InChI is InChI=1S/C17H20N4O2S/c18-17-19-14(11-24-17)16(22)20-6-7-21-13(8-20)9-23-10-15(21)12-4-2-1-3-5-12/h1-5,11,13,15H,6-10H2,(H2,18,19)/t13-,15-/m1/s1. The number of hydrogen-bond donors (Lipinski definition) is 1. The third-order valence-corrected chi connectivity index (χ3v) is 5.40. The number of aromatic nitrogens is 1. The average Bonchev–Trinajstić information content (AvgIpc) is 3.07. The monoisotopic (exact) mass is 344 g/mol. The number of nitrogens with two attached hydrogens (primary N) is 1. The van der Waals surface area contributed by atoms with Crippen LogP contribution in [0.5, 0.6) is 0 Å². The summed E-state index contributed by atoms with van der Waals surface area (Å²) in [5.41, 5.74) is 7.36. The van der Waals surface area contributed by atoms with Crippen LogP contribution in [-0.4, -0.2) is 59.6 Å². The Kier molecular flexibility index (Phi) is 4.22. The third kappa shape index (κ3) is 2.90. The van der Waals surface area contributed by atoms with Gasteiger partial charge in [-0.3, -0.25) is 9.69 Å². The average molecular weight is 344 g/mol. The van der Waals surface area contributed by atoms with Crippen LogP contribution in [0.25, 0.3) is 0 Å². The van der Waals surface area contributed by atoms with Crippen LogP contribution in [0, 0.1) is 0 Å². The van der Waals surface area contributed by atoms with Crippen molar-refractivity contribution in [2.45, 2.75) is 12.1 Å². The number of amides is 1. The highest BCUT2D eigenvalue weighted by atomic mass is 32.1. The number of carbonyl (C=O) groups is 1. The molecule has 2 fully saturated rings. The Labute approximate surface area is 144 Å². The van der Waals surface area contributed by atoms with Crippen molar-refractivity contribution in [2.75, 3.05) is 38.6 Å². The van der Waals surface area contributed by atoms with Gasteiger partial charge in [0.05, 0.1) is 25.3 Å². The maximum absolute atomic E-state index is 12.6. The molecule has 2 aliphatic heterocycles. The quantitative estimate of drug-likeness (QED) is 0.896. The number of anilines is 1. The molecule has 2 N–H and O–H groups in total. The zero-order valence-corrected chi connectivity index (χ0v) is 14.1. The lowest BCUT2D eigenvalue weighted by molar-refractivity contribution is -0.0770. The number of hydrogen-bond acceptors (Lipinski definition) is 6. The van der Waals surface area contributed by atoms with Crippen molar-refractivity contribution < 1.29 is 9.53 Å². The van der Waals surface area contributed by atoms with Gasteiger partial charge in [-0.1, -0.05) is 30.3 Å². The summed E-state index contributed by atoms with van der Waals surface area (Å²) in [6.45, 7) is 3.58. The first-order valence-corrected chi connectivity index (χ1v) is 8.99. The van der Waals surface area contributed by atoms with E-state index >= 15 is 0 Å². The molecule has 0 aliphatic carbocycles. The van der Waals surface area contributed by atoms with Crippen LogP contribution < -0.4 is 5.73 Å². The second-order valence-electron chi connectivity index (χ2n) is 6.18. The van der Waals surface area contributed by atoms with E-state index in [1.165, 1.54) is 16.9 Å². The number of carbonyl (C=O) groups excluding carboxylic acids is 1. The van der Waals surface area contributed by atoms with E-state index in [4.69, 9.17) is 10.5 Å². The summed E-state index contributed by atoms with van der Waals surface area (Å²) in [4.78, 5) is 21.0. The van der Waals surface area contributed by atoms with E-state index < -0.39 is 0 Å². The largest absolute Gasteiger partial charge is 0.378 e. The molecule has 1 aromatic carbocycles. The molecule has 0 radical (unpaired) electrons. The summed E-state index contributed by atoms with van der Waals surface area (Å²) >= 11 is 1.30. The van der Waals surface area contributed by atoms with Crippen LogP contribution in [-0.2, 0) is 4.74 Å². The Morgan fingerprint density at radius 3 is 2.83 bits per heavy atom. The first-order valence-electron chi connectivity index (χ1n) is 8.11. The zero-order chi connectivity index (χ0) is 16.5. The van der Waals surface area contributed by atoms with Crippen LogP contribution in [0.4, 0.5) is 5.13 Å². The molecule has 4 rings (SSSR count). The molecule has 0 spiro atoms. The molecule has 0 unspecified atom stereocenters. The number of nitrogens with zero attached hydrogens (tertiary/aromatic N) is 3. The number of nitrogen functional groups attached to an aromatic ring is 1. The highest BCUT2D eigenvalue weighted by Gasteiger charge is 2.38. The fraction of sp³-hybridized carbons (Fsp3) is 0.412. The summed E-state index contributed by atoms with van der Waals surface area (Å²) in [7, 11) is 0. The minimum Gasteiger partial charge on any atom is -0.378 e. The predicted octanol–water partition coefficient (Wildman–Crippen LogP) is 1.62.